The second-order valence-electron chi connectivity index (χ2n) is 13.4. The zero-order valence-electron chi connectivity index (χ0n) is 28.5. The monoisotopic (exact) mass is 696 g/mol. The molecule has 3 heterocycles. The van der Waals surface area contributed by atoms with Crippen molar-refractivity contribution in [3.63, 3.8) is 0 Å². The molecule has 3 amide bonds. The van der Waals surface area contributed by atoms with E-state index in [-0.39, 0.29) is 24.2 Å². The Kier molecular flexibility index (Phi) is 12.1. The molecular formula is C35H48N6O9. The standard InChI is InChI=1S/C35H48N6O9/c1-35(2,34(48)40-17-15-37-16-18-40)38-27(44)8-3-5-21-9-11-22(12-10-21)13-14-23-6-4-7-24-28(23)32(39-41(24)19-26(36)43)50-33-31(47)30(46)29(45)25(20-42)49-33/h4,6-7,9-12,25,29-31,33,37,42,45-47H,3,5,8,13-20H2,1-2H3,(H2,36,43)(H,38,44)/t25-,29-,30+,31-,33+/m1/s1. The molecule has 0 aliphatic carbocycles. The fourth-order valence-corrected chi connectivity index (χ4v) is 6.43. The summed E-state index contributed by atoms with van der Waals surface area (Å²) in [5.74, 6) is -0.809. The molecule has 0 saturated carbocycles. The van der Waals surface area contributed by atoms with Crippen LogP contribution >= 0.6 is 0 Å². The van der Waals surface area contributed by atoms with Gasteiger partial charge in [-0.1, -0.05) is 36.4 Å². The van der Waals surface area contributed by atoms with Crippen LogP contribution in [0.3, 0.4) is 0 Å². The van der Waals surface area contributed by atoms with Crippen molar-refractivity contribution >= 4 is 28.6 Å². The molecule has 15 heteroatoms. The van der Waals surface area contributed by atoms with Crippen molar-refractivity contribution in [2.24, 2.45) is 5.73 Å². The molecule has 0 spiro atoms. The van der Waals surface area contributed by atoms with Crippen molar-refractivity contribution in [1.82, 2.24) is 25.3 Å². The van der Waals surface area contributed by atoms with Gasteiger partial charge in [-0.25, -0.2) is 0 Å². The Morgan fingerprint density at radius 3 is 2.34 bits per heavy atom. The summed E-state index contributed by atoms with van der Waals surface area (Å²) >= 11 is 0. The van der Waals surface area contributed by atoms with E-state index in [9.17, 15) is 34.8 Å². The van der Waals surface area contributed by atoms with Gasteiger partial charge in [0.2, 0.25) is 29.9 Å². The molecule has 3 aromatic rings. The number of primary amides is 1. The van der Waals surface area contributed by atoms with Gasteiger partial charge in [-0.2, -0.15) is 0 Å². The van der Waals surface area contributed by atoms with Crippen LogP contribution in [0.25, 0.3) is 10.9 Å². The number of hydrogen-bond donors (Lipinski definition) is 7. The van der Waals surface area contributed by atoms with Gasteiger partial charge in [0.15, 0.2) is 0 Å². The molecule has 0 bridgehead atoms. The number of aliphatic hydroxyl groups excluding tert-OH is 4. The summed E-state index contributed by atoms with van der Waals surface area (Å²) in [7, 11) is 0. The van der Waals surface area contributed by atoms with Crippen LogP contribution in [0.1, 0.15) is 43.4 Å². The molecule has 5 rings (SSSR count). The van der Waals surface area contributed by atoms with E-state index in [2.05, 4.69) is 15.7 Å². The van der Waals surface area contributed by atoms with Crippen molar-refractivity contribution < 1.29 is 44.3 Å². The first-order chi connectivity index (χ1) is 23.9. The zero-order chi connectivity index (χ0) is 36.0. The Balaban J connectivity index is 1.20. The van der Waals surface area contributed by atoms with Crippen LogP contribution in [0, 0.1) is 0 Å². The number of carbonyl (C=O) groups is 3. The lowest BCUT2D eigenvalue weighted by Crippen LogP contribution is -2.60. The number of nitrogens with zero attached hydrogens (tertiary/aromatic N) is 3. The van der Waals surface area contributed by atoms with Crippen molar-refractivity contribution in [1.29, 1.82) is 0 Å². The Labute approximate surface area is 290 Å². The van der Waals surface area contributed by atoms with Crippen LogP contribution in [0.2, 0.25) is 0 Å². The van der Waals surface area contributed by atoms with Crippen LogP contribution in [0.4, 0.5) is 0 Å². The van der Waals surface area contributed by atoms with Gasteiger partial charge in [0.1, 0.15) is 36.5 Å². The summed E-state index contributed by atoms with van der Waals surface area (Å²) in [6.45, 7) is 5.41. The molecule has 2 saturated heterocycles. The normalized spacial score (nSPS) is 22.8. The van der Waals surface area contributed by atoms with Gasteiger partial charge in [-0.05, 0) is 62.3 Å². The zero-order valence-corrected chi connectivity index (χ0v) is 28.5. The van der Waals surface area contributed by atoms with Crippen LogP contribution in [-0.2, 0) is 44.9 Å². The minimum atomic E-state index is -1.64. The minimum absolute atomic E-state index is 0.0390. The van der Waals surface area contributed by atoms with Crippen molar-refractivity contribution in [3.8, 4) is 5.88 Å². The Morgan fingerprint density at radius 2 is 1.68 bits per heavy atom. The minimum Gasteiger partial charge on any atom is -0.443 e. The second-order valence-corrected chi connectivity index (χ2v) is 13.4. The summed E-state index contributed by atoms with van der Waals surface area (Å²) in [4.78, 5) is 39.2. The van der Waals surface area contributed by atoms with Gasteiger partial charge in [0.25, 0.3) is 0 Å². The van der Waals surface area contributed by atoms with E-state index in [0.29, 0.717) is 56.1 Å². The molecule has 0 unspecified atom stereocenters. The Hall–Kier alpha value is -4.12. The highest BCUT2D eigenvalue weighted by atomic mass is 16.7. The van der Waals surface area contributed by atoms with E-state index in [1.54, 1.807) is 24.8 Å². The molecule has 272 valence electrons. The number of aromatic nitrogens is 2. The quantitative estimate of drug-likeness (QED) is 0.110. The molecular weight excluding hydrogens is 648 g/mol. The summed E-state index contributed by atoms with van der Waals surface area (Å²) < 4.78 is 12.9. The molecule has 2 aliphatic heterocycles. The predicted molar refractivity (Wildman–Crippen MR) is 182 cm³/mol. The van der Waals surface area contributed by atoms with E-state index in [0.717, 1.165) is 29.8 Å². The summed E-state index contributed by atoms with van der Waals surface area (Å²) in [5, 5.41) is 51.7. The fraction of sp³-hybridized carbons (Fsp3) is 0.543. The maximum Gasteiger partial charge on any atom is 0.247 e. The number of amides is 3. The maximum atomic E-state index is 12.9. The third kappa shape index (κ3) is 8.78. The van der Waals surface area contributed by atoms with Crippen LogP contribution in [-0.4, -0.2) is 122 Å². The topological polar surface area (TPSA) is 222 Å². The first-order valence-electron chi connectivity index (χ1n) is 17.0. The number of fused-ring (bicyclic) bond motifs is 1. The Morgan fingerprint density at radius 1 is 1.00 bits per heavy atom. The lowest BCUT2D eigenvalue weighted by molar-refractivity contribution is -0.278. The molecule has 50 heavy (non-hydrogen) atoms. The number of carbonyl (C=O) groups excluding carboxylic acids is 3. The second kappa shape index (κ2) is 16.3. The van der Waals surface area contributed by atoms with E-state index < -0.39 is 48.8 Å². The number of nitrogens with one attached hydrogen (secondary N) is 2. The van der Waals surface area contributed by atoms with Crippen LogP contribution in [0.5, 0.6) is 5.88 Å². The molecule has 1 aromatic heterocycles. The van der Waals surface area contributed by atoms with Crippen molar-refractivity contribution in [3.05, 3.63) is 59.2 Å². The van der Waals surface area contributed by atoms with E-state index in [1.165, 1.54) is 4.68 Å². The van der Waals surface area contributed by atoms with E-state index in [1.807, 2.05) is 36.4 Å². The number of aryl methyl sites for hydroxylation is 3. The lowest BCUT2D eigenvalue weighted by Gasteiger charge is -2.39. The highest BCUT2D eigenvalue weighted by molar-refractivity contribution is 5.91. The molecule has 15 nitrogen and oxygen atoms in total. The third-order valence-electron chi connectivity index (χ3n) is 9.18. The summed E-state index contributed by atoms with van der Waals surface area (Å²) in [6.07, 6.45) is -4.57. The lowest BCUT2D eigenvalue weighted by atomic mass is 9.99. The maximum absolute atomic E-state index is 12.9. The van der Waals surface area contributed by atoms with Gasteiger partial charge in [0, 0.05) is 32.6 Å². The highest BCUT2D eigenvalue weighted by Crippen LogP contribution is 2.33. The third-order valence-corrected chi connectivity index (χ3v) is 9.18. The van der Waals surface area contributed by atoms with E-state index in [4.69, 9.17) is 15.2 Å². The molecule has 2 fully saturated rings. The van der Waals surface area contributed by atoms with Gasteiger partial charge < -0.3 is 51.2 Å². The summed E-state index contributed by atoms with van der Waals surface area (Å²) in [6, 6.07) is 13.6. The predicted octanol–water partition coefficient (Wildman–Crippen LogP) is -0.865. The summed E-state index contributed by atoms with van der Waals surface area (Å²) in [5.41, 5.74) is 8.06. The van der Waals surface area contributed by atoms with Crippen molar-refractivity contribution in [2.75, 3.05) is 32.8 Å². The fourth-order valence-electron chi connectivity index (χ4n) is 6.43. The molecule has 5 atom stereocenters. The van der Waals surface area contributed by atoms with Gasteiger partial charge in [0.05, 0.1) is 17.5 Å². The molecule has 2 aromatic carbocycles. The highest BCUT2D eigenvalue weighted by Gasteiger charge is 2.45. The van der Waals surface area contributed by atoms with Crippen LogP contribution < -0.4 is 21.1 Å². The largest absolute Gasteiger partial charge is 0.443 e. The molecule has 2 aliphatic rings. The van der Waals surface area contributed by atoms with Crippen molar-refractivity contribution in [2.45, 2.75) is 88.7 Å². The Bertz CT molecular complexity index is 1640. The van der Waals surface area contributed by atoms with Crippen LogP contribution in [0.15, 0.2) is 42.5 Å². The first kappa shape index (κ1) is 37.1. The number of rotatable bonds is 14. The molecule has 0 radical (unpaired) electrons. The smallest absolute Gasteiger partial charge is 0.247 e. The number of piperazine rings is 1. The number of nitrogens with two attached hydrogens (primary N) is 1. The van der Waals surface area contributed by atoms with E-state index >= 15 is 0 Å². The number of ether oxygens (including phenoxy) is 2. The SMILES string of the molecule is CC(C)(NC(=O)CCCc1ccc(CCc2cccc3c2c(O[C@@H]2O[C@H](CO)[C@@H](O)[C@H](O)[C@H]2O)nn3CC(N)=O)cc1)C(=O)N1CCNCC1. The average molecular weight is 697 g/mol. The number of benzene rings is 2. The van der Waals surface area contributed by atoms with Gasteiger partial charge in [-0.3, -0.25) is 19.1 Å². The number of hydrogen-bond acceptors (Lipinski definition) is 11. The van der Waals surface area contributed by atoms with Gasteiger partial charge in [-0.15, -0.1) is 5.10 Å². The number of aliphatic hydroxyl groups is 4. The molecule has 8 N–H and O–H groups in total. The van der Waals surface area contributed by atoms with Gasteiger partial charge >= 0.3 is 0 Å². The average Bonchev–Trinajstić information content (AvgIpc) is 3.44. The first-order valence-corrected chi connectivity index (χ1v) is 17.0.